The molecule has 4 aromatic rings. The van der Waals surface area contributed by atoms with Crippen molar-refractivity contribution < 1.29 is 14.3 Å². The van der Waals surface area contributed by atoms with Crippen LogP contribution in [-0.4, -0.2) is 40.1 Å². The minimum Gasteiger partial charge on any atom is -0.383 e. The molecule has 0 aliphatic heterocycles. The van der Waals surface area contributed by atoms with Crippen LogP contribution in [0.25, 0.3) is 22.0 Å². The highest BCUT2D eigenvalue weighted by Crippen LogP contribution is 2.33. The van der Waals surface area contributed by atoms with Crippen LogP contribution in [0.1, 0.15) is 17.3 Å². The largest absolute Gasteiger partial charge is 0.383 e. The van der Waals surface area contributed by atoms with E-state index >= 15 is 0 Å². The van der Waals surface area contributed by atoms with E-state index < -0.39 is 6.03 Å². The fraction of sp³-hybridized carbons (Fsp3) is 0.160. The molecule has 9 heteroatoms. The van der Waals surface area contributed by atoms with Gasteiger partial charge in [0.05, 0.1) is 36.1 Å². The van der Waals surface area contributed by atoms with Crippen LogP contribution < -0.4 is 16.2 Å². The van der Waals surface area contributed by atoms with Crippen molar-refractivity contribution in [1.82, 2.24) is 14.5 Å². The zero-order valence-corrected chi connectivity index (χ0v) is 18.7. The number of ketones is 1. The van der Waals surface area contributed by atoms with Gasteiger partial charge in [-0.3, -0.25) is 19.1 Å². The number of benzene rings is 2. The number of urea groups is 1. The van der Waals surface area contributed by atoms with Crippen LogP contribution in [0.2, 0.25) is 0 Å². The molecule has 0 aliphatic rings. The van der Waals surface area contributed by atoms with Gasteiger partial charge in [0.2, 0.25) is 0 Å². The first-order chi connectivity index (χ1) is 16.5. The van der Waals surface area contributed by atoms with Gasteiger partial charge in [0.25, 0.3) is 5.56 Å². The Kier molecular flexibility index (Phi) is 6.74. The van der Waals surface area contributed by atoms with Crippen molar-refractivity contribution in [2.75, 3.05) is 24.4 Å². The molecular formula is C25H23N5O4. The standard InChI is InChI=1S/C25H23N5O4/c1-16(31)17-5-3-7-19(13-17)28-25(33)29-21-9-8-20-23(22(21)18-6-4-10-26-14-18)24(32)30(15-27-20)11-12-34-2/h3-10,13-15H,11-12H2,1-2H3,(H2,28,29,33). The van der Waals surface area contributed by atoms with Crippen molar-refractivity contribution in [2.45, 2.75) is 13.5 Å². The van der Waals surface area contributed by atoms with Crippen molar-refractivity contribution >= 4 is 34.1 Å². The maximum absolute atomic E-state index is 13.3. The van der Waals surface area contributed by atoms with E-state index in [4.69, 9.17) is 4.74 Å². The smallest absolute Gasteiger partial charge is 0.323 e. The number of ether oxygens (including phenoxy) is 1. The normalized spacial score (nSPS) is 10.8. The molecule has 2 aromatic heterocycles. The Morgan fingerprint density at radius 1 is 1.09 bits per heavy atom. The zero-order valence-electron chi connectivity index (χ0n) is 18.7. The summed E-state index contributed by atoms with van der Waals surface area (Å²) in [6.45, 7) is 2.16. The lowest BCUT2D eigenvalue weighted by molar-refractivity contribution is 0.101. The second-order valence-corrected chi connectivity index (χ2v) is 7.58. The summed E-state index contributed by atoms with van der Waals surface area (Å²) in [4.78, 5) is 46.4. The Morgan fingerprint density at radius 3 is 2.68 bits per heavy atom. The highest BCUT2D eigenvalue weighted by Gasteiger charge is 2.17. The molecule has 0 radical (unpaired) electrons. The van der Waals surface area contributed by atoms with E-state index in [2.05, 4.69) is 20.6 Å². The van der Waals surface area contributed by atoms with Crippen molar-refractivity contribution in [2.24, 2.45) is 0 Å². The van der Waals surface area contributed by atoms with Gasteiger partial charge in [-0.15, -0.1) is 0 Å². The zero-order chi connectivity index (χ0) is 24.1. The van der Waals surface area contributed by atoms with E-state index in [1.807, 2.05) is 6.07 Å². The number of amides is 2. The molecule has 4 rings (SSSR count). The summed E-state index contributed by atoms with van der Waals surface area (Å²) < 4.78 is 6.57. The van der Waals surface area contributed by atoms with Crippen LogP contribution in [0.15, 0.2) is 72.0 Å². The van der Waals surface area contributed by atoms with Crippen molar-refractivity contribution in [1.29, 1.82) is 0 Å². The van der Waals surface area contributed by atoms with Crippen molar-refractivity contribution in [3.05, 3.63) is 83.2 Å². The van der Waals surface area contributed by atoms with E-state index in [9.17, 15) is 14.4 Å². The van der Waals surface area contributed by atoms with Gasteiger partial charge in [0.15, 0.2) is 5.78 Å². The third kappa shape index (κ3) is 4.84. The summed E-state index contributed by atoms with van der Waals surface area (Å²) in [5.74, 6) is -0.102. The lowest BCUT2D eigenvalue weighted by Crippen LogP contribution is -2.24. The Bertz CT molecular complexity index is 1420. The van der Waals surface area contributed by atoms with Gasteiger partial charge in [-0.1, -0.05) is 18.2 Å². The summed E-state index contributed by atoms with van der Waals surface area (Å²) in [5, 5.41) is 5.92. The fourth-order valence-electron chi connectivity index (χ4n) is 3.61. The first-order valence-corrected chi connectivity index (χ1v) is 10.6. The predicted molar refractivity (Wildman–Crippen MR) is 130 cm³/mol. The first kappa shape index (κ1) is 22.8. The molecule has 0 saturated carbocycles. The lowest BCUT2D eigenvalue weighted by atomic mass is 10.0. The third-order valence-electron chi connectivity index (χ3n) is 5.26. The topological polar surface area (TPSA) is 115 Å². The number of hydrogen-bond acceptors (Lipinski definition) is 6. The lowest BCUT2D eigenvalue weighted by Gasteiger charge is -2.15. The van der Waals surface area contributed by atoms with Crippen molar-refractivity contribution in [3.63, 3.8) is 0 Å². The Morgan fingerprint density at radius 2 is 1.94 bits per heavy atom. The molecule has 172 valence electrons. The molecule has 2 amide bonds. The van der Waals surface area contributed by atoms with Crippen LogP contribution in [-0.2, 0) is 11.3 Å². The Hall–Kier alpha value is -4.37. The number of rotatable bonds is 7. The number of anilines is 2. The van der Waals surface area contributed by atoms with Crippen LogP contribution >= 0.6 is 0 Å². The van der Waals surface area contributed by atoms with E-state index in [-0.39, 0.29) is 11.3 Å². The Labute approximate surface area is 195 Å². The molecule has 0 spiro atoms. The van der Waals surface area contributed by atoms with Gasteiger partial charge in [0, 0.05) is 41.9 Å². The van der Waals surface area contributed by atoms with Crippen molar-refractivity contribution in [3.8, 4) is 11.1 Å². The fourth-order valence-corrected chi connectivity index (χ4v) is 3.61. The molecule has 0 saturated heterocycles. The average Bonchev–Trinajstić information content (AvgIpc) is 2.84. The molecule has 0 bridgehead atoms. The van der Waals surface area contributed by atoms with Gasteiger partial charge in [-0.2, -0.15) is 0 Å². The molecule has 9 nitrogen and oxygen atoms in total. The van der Waals surface area contributed by atoms with Crippen LogP contribution in [0.4, 0.5) is 16.2 Å². The third-order valence-corrected chi connectivity index (χ3v) is 5.26. The molecule has 0 fully saturated rings. The maximum Gasteiger partial charge on any atom is 0.323 e. The molecule has 0 atom stereocenters. The number of hydrogen-bond donors (Lipinski definition) is 2. The summed E-state index contributed by atoms with van der Waals surface area (Å²) in [5.41, 5.74) is 2.80. The highest BCUT2D eigenvalue weighted by molar-refractivity contribution is 6.08. The molecular weight excluding hydrogens is 434 g/mol. The van der Waals surface area contributed by atoms with E-state index in [1.54, 1.807) is 62.0 Å². The average molecular weight is 457 g/mol. The van der Waals surface area contributed by atoms with Gasteiger partial charge in [0.1, 0.15) is 0 Å². The van der Waals surface area contributed by atoms with E-state index in [0.29, 0.717) is 52.1 Å². The van der Waals surface area contributed by atoms with Gasteiger partial charge < -0.3 is 15.4 Å². The highest BCUT2D eigenvalue weighted by atomic mass is 16.5. The summed E-state index contributed by atoms with van der Waals surface area (Å²) >= 11 is 0. The van der Waals surface area contributed by atoms with Gasteiger partial charge in [-0.25, -0.2) is 9.78 Å². The second-order valence-electron chi connectivity index (χ2n) is 7.58. The summed E-state index contributed by atoms with van der Waals surface area (Å²) in [7, 11) is 1.56. The predicted octanol–water partition coefficient (Wildman–Crippen LogP) is 3.95. The SMILES string of the molecule is COCCn1cnc2ccc(NC(=O)Nc3cccc(C(C)=O)c3)c(-c3cccnc3)c2c1=O. The molecule has 2 heterocycles. The monoisotopic (exact) mass is 457 g/mol. The van der Waals surface area contributed by atoms with Crippen LogP contribution in [0, 0.1) is 0 Å². The number of carbonyl (C=O) groups is 2. The quantitative estimate of drug-likeness (QED) is 0.406. The number of aromatic nitrogens is 3. The van der Waals surface area contributed by atoms with Crippen LogP contribution in [0.3, 0.4) is 0 Å². The number of pyridine rings is 1. The maximum atomic E-state index is 13.3. The number of methoxy groups -OCH3 is 1. The number of nitrogens with one attached hydrogen (secondary N) is 2. The number of nitrogens with zero attached hydrogens (tertiary/aromatic N) is 3. The summed E-state index contributed by atoms with van der Waals surface area (Å²) in [6.07, 6.45) is 4.74. The minimum atomic E-state index is -0.520. The number of Topliss-reactive ketones (excluding diaryl/α,β-unsaturated/α-hetero) is 1. The van der Waals surface area contributed by atoms with E-state index in [1.165, 1.54) is 17.8 Å². The number of fused-ring (bicyclic) bond motifs is 1. The number of carbonyl (C=O) groups excluding carboxylic acids is 2. The van der Waals surface area contributed by atoms with Gasteiger partial charge in [-0.05, 0) is 37.3 Å². The van der Waals surface area contributed by atoms with Crippen LogP contribution in [0.5, 0.6) is 0 Å². The molecule has 34 heavy (non-hydrogen) atoms. The van der Waals surface area contributed by atoms with E-state index in [0.717, 1.165) is 0 Å². The molecule has 0 aliphatic carbocycles. The molecule has 2 aromatic carbocycles. The van der Waals surface area contributed by atoms with Gasteiger partial charge >= 0.3 is 6.03 Å². The first-order valence-electron chi connectivity index (χ1n) is 10.6. The molecule has 0 unspecified atom stereocenters. The summed E-state index contributed by atoms with van der Waals surface area (Å²) in [6, 6.07) is 13.1. The second kappa shape index (κ2) is 10.1. The minimum absolute atomic E-state index is 0.102. The molecule has 2 N–H and O–H groups in total. The Balaban J connectivity index is 1.77.